The van der Waals surface area contributed by atoms with E-state index in [1.54, 1.807) is 6.07 Å². The van der Waals surface area contributed by atoms with Gasteiger partial charge in [0.15, 0.2) is 5.54 Å². The van der Waals surface area contributed by atoms with Gasteiger partial charge in [0.1, 0.15) is 0 Å². The molecule has 1 aliphatic carbocycles. The molecule has 136 valence electrons. The quantitative estimate of drug-likeness (QED) is 0.658. The number of hydrogen-bond acceptors (Lipinski definition) is 3. The van der Waals surface area contributed by atoms with Crippen LogP contribution in [-0.2, 0) is 9.53 Å². The van der Waals surface area contributed by atoms with Gasteiger partial charge < -0.3 is 14.5 Å². The maximum atomic E-state index is 13.4. The number of likely N-dealkylation sites (tertiary alicyclic amines) is 1. The van der Waals surface area contributed by atoms with Crippen LogP contribution in [0.3, 0.4) is 0 Å². The van der Waals surface area contributed by atoms with E-state index in [1.165, 1.54) is 20.0 Å². The van der Waals surface area contributed by atoms with Crippen molar-refractivity contribution in [1.82, 2.24) is 0 Å². The summed E-state index contributed by atoms with van der Waals surface area (Å²) in [6.07, 6.45) is 5.37. The minimum absolute atomic E-state index is 0.0713. The summed E-state index contributed by atoms with van der Waals surface area (Å²) in [5.41, 5.74) is 1.57. The molecule has 1 saturated heterocycles. The summed E-state index contributed by atoms with van der Waals surface area (Å²) in [6.45, 7) is 7.27. The SMILES string of the molecule is CC[N+]1(C2(C(=O)Nc3c(C)cccc3C(=O)OC)CCC2)CCCC1. The van der Waals surface area contributed by atoms with Crippen molar-refractivity contribution in [2.75, 3.05) is 32.1 Å². The lowest BCUT2D eigenvalue weighted by Crippen LogP contribution is -2.71. The number of aryl methyl sites for hydroxylation is 1. The molecule has 0 spiro atoms. The molecule has 0 radical (unpaired) electrons. The third-order valence-electron chi connectivity index (χ3n) is 6.46. The Bertz CT molecular complexity index is 674. The van der Waals surface area contributed by atoms with Crippen molar-refractivity contribution in [3.8, 4) is 0 Å². The molecule has 25 heavy (non-hydrogen) atoms. The van der Waals surface area contributed by atoms with Crippen LogP contribution in [0.25, 0.3) is 0 Å². The first-order valence-corrected chi connectivity index (χ1v) is 9.35. The fourth-order valence-corrected chi connectivity index (χ4v) is 4.76. The van der Waals surface area contributed by atoms with Gasteiger partial charge in [0.05, 0.1) is 38.0 Å². The number of likely N-dealkylation sites (N-methyl/N-ethyl adjacent to an activating group) is 1. The lowest BCUT2D eigenvalue weighted by atomic mass is 9.72. The molecule has 1 amide bonds. The Morgan fingerprint density at radius 1 is 1.20 bits per heavy atom. The summed E-state index contributed by atoms with van der Waals surface area (Å²) in [7, 11) is 1.37. The average Bonchev–Trinajstić information content (AvgIpc) is 3.05. The molecule has 0 atom stereocenters. The molecule has 3 rings (SSSR count). The fraction of sp³-hybridized carbons (Fsp3) is 0.600. The summed E-state index contributed by atoms with van der Waals surface area (Å²) in [4.78, 5) is 25.5. The van der Waals surface area contributed by atoms with Crippen molar-refractivity contribution in [2.24, 2.45) is 0 Å². The van der Waals surface area contributed by atoms with Crippen LogP contribution in [0, 0.1) is 6.92 Å². The first-order chi connectivity index (χ1) is 12.0. The molecule has 2 fully saturated rings. The predicted octanol–water partition coefficient (Wildman–Crippen LogP) is 3.27. The zero-order valence-electron chi connectivity index (χ0n) is 15.6. The number of anilines is 1. The molecule has 1 aromatic carbocycles. The van der Waals surface area contributed by atoms with E-state index in [-0.39, 0.29) is 11.4 Å². The van der Waals surface area contributed by atoms with Crippen LogP contribution >= 0.6 is 0 Å². The number of amides is 1. The minimum Gasteiger partial charge on any atom is -0.465 e. The van der Waals surface area contributed by atoms with Crippen LogP contribution in [0.5, 0.6) is 0 Å². The summed E-state index contributed by atoms with van der Waals surface area (Å²) < 4.78 is 5.79. The summed E-state index contributed by atoms with van der Waals surface area (Å²) >= 11 is 0. The Kier molecular flexibility index (Phi) is 4.87. The molecule has 5 nitrogen and oxygen atoms in total. The van der Waals surface area contributed by atoms with Crippen LogP contribution in [-0.4, -0.2) is 48.6 Å². The van der Waals surface area contributed by atoms with Crippen LogP contribution in [0.15, 0.2) is 18.2 Å². The molecule has 1 aromatic rings. The van der Waals surface area contributed by atoms with Crippen molar-refractivity contribution < 1.29 is 18.8 Å². The van der Waals surface area contributed by atoms with Crippen molar-refractivity contribution >= 4 is 17.6 Å². The Morgan fingerprint density at radius 3 is 2.40 bits per heavy atom. The molecule has 0 aromatic heterocycles. The third-order valence-corrected chi connectivity index (χ3v) is 6.46. The molecule has 0 bridgehead atoms. The Morgan fingerprint density at radius 2 is 1.88 bits per heavy atom. The first-order valence-electron chi connectivity index (χ1n) is 9.35. The van der Waals surface area contributed by atoms with Gasteiger partial charge in [-0.25, -0.2) is 4.79 Å². The van der Waals surface area contributed by atoms with Gasteiger partial charge in [-0.2, -0.15) is 0 Å². The predicted molar refractivity (Wildman–Crippen MR) is 97.5 cm³/mol. The zero-order valence-corrected chi connectivity index (χ0v) is 15.6. The van der Waals surface area contributed by atoms with E-state index < -0.39 is 5.97 Å². The van der Waals surface area contributed by atoms with Crippen LogP contribution < -0.4 is 5.32 Å². The normalized spacial score (nSPS) is 20.6. The molecular formula is C20H29N2O3+. The van der Waals surface area contributed by atoms with Crippen molar-refractivity contribution in [3.05, 3.63) is 29.3 Å². The largest absolute Gasteiger partial charge is 0.465 e. The number of methoxy groups -OCH3 is 1. The van der Waals surface area contributed by atoms with Gasteiger partial charge in [-0.15, -0.1) is 0 Å². The molecule has 2 aliphatic rings. The van der Waals surface area contributed by atoms with Gasteiger partial charge in [0.25, 0.3) is 5.91 Å². The van der Waals surface area contributed by atoms with Gasteiger partial charge in [0.2, 0.25) is 0 Å². The monoisotopic (exact) mass is 345 g/mol. The number of benzene rings is 1. The summed E-state index contributed by atoms with van der Waals surface area (Å²) in [6, 6.07) is 5.44. The number of carbonyl (C=O) groups is 2. The van der Waals surface area contributed by atoms with Gasteiger partial charge >= 0.3 is 5.97 Å². The van der Waals surface area contributed by atoms with Gasteiger partial charge in [0, 0.05) is 25.7 Å². The number of nitrogens with zero attached hydrogens (tertiary/aromatic N) is 1. The Labute approximate surface area is 149 Å². The highest BCUT2D eigenvalue weighted by atomic mass is 16.5. The van der Waals surface area contributed by atoms with E-state index >= 15 is 0 Å². The molecule has 1 saturated carbocycles. The topological polar surface area (TPSA) is 55.4 Å². The number of hydrogen-bond donors (Lipinski definition) is 1. The van der Waals surface area contributed by atoms with E-state index in [1.807, 2.05) is 19.1 Å². The second-order valence-electron chi connectivity index (χ2n) is 7.44. The van der Waals surface area contributed by atoms with Gasteiger partial charge in [-0.1, -0.05) is 12.1 Å². The lowest BCUT2D eigenvalue weighted by molar-refractivity contribution is -0.960. The molecule has 5 heteroatoms. The second kappa shape index (κ2) is 6.79. The van der Waals surface area contributed by atoms with E-state index in [2.05, 4.69) is 12.2 Å². The van der Waals surface area contributed by atoms with E-state index in [0.29, 0.717) is 11.3 Å². The second-order valence-corrected chi connectivity index (χ2v) is 7.44. The van der Waals surface area contributed by atoms with Crippen LogP contribution in [0.1, 0.15) is 54.9 Å². The highest BCUT2D eigenvalue weighted by molar-refractivity contribution is 6.05. The van der Waals surface area contributed by atoms with Gasteiger partial charge in [-0.3, -0.25) is 4.79 Å². The number of ether oxygens (including phenoxy) is 1. The molecular weight excluding hydrogens is 316 g/mol. The van der Waals surface area contributed by atoms with Crippen molar-refractivity contribution in [3.63, 3.8) is 0 Å². The molecule has 1 N–H and O–H groups in total. The van der Waals surface area contributed by atoms with Crippen molar-refractivity contribution in [1.29, 1.82) is 0 Å². The maximum Gasteiger partial charge on any atom is 0.339 e. The van der Waals surface area contributed by atoms with Crippen molar-refractivity contribution in [2.45, 2.75) is 51.5 Å². The zero-order chi connectivity index (χ0) is 18.1. The summed E-state index contributed by atoms with van der Waals surface area (Å²) in [5.74, 6) is -0.343. The van der Waals surface area contributed by atoms with E-state index in [0.717, 1.165) is 48.9 Å². The number of quaternary nitrogens is 1. The smallest absolute Gasteiger partial charge is 0.339 e. The minimum atomic E-state index is -0.415. The fourth-order valence-electron chi connectivity index (χ4n) is 4.76. The van der Waals surface area contributed by atoms with Crippen LogP contribution in [0.4, 0.5) is 5.69 Å². The van der Waals surface area contributed by atoms with Crippen LogP contribution in [0.2, 0.25) is 0 Å². The highest BCUT2D eigenvalue weighted by Gasteiger charge is 2.60. The third kappa shape index (κ3) is 2.74. The number of carbonyl (C=O) groups excluding carboxylic acids is 2. The Hall–Kier alpha value is -1.88. The first kappa shape index (κ1) is 17.9. The van der Waals surface area contributed by atoms with E-state index in [9.17, 15) is 9.59 Å². The average molecular weight is 345 g/mol. The molecule has 0 unspecified atom stereocenters. The van der Waals surface area contributed by atoms with Gasteiger partial charge in [-0.05, 0) is 31.9 Å². The number of rotatable bonds is 5. The highest BCUT2D eigenvalue weighted by Crippen LogP contribution is 2.46. The lowest BCUT2D eigenvalue weighted by Gasteiger charge is -2.54. The Balaban J connectivity index is 1.93. The summed E-state index contributed by atoms with van der Waals surface area (Å²) in [5, 5.41) is 3.12. The number of para-hydroxylation sites is 1. The van der Waals surface area contributed by atoms with E-state index in [4.69, 9.17) is 4.74 Å². The molecule has 1 heterocycles. The standard InChI is InChI=1S/C20H28N2O3/c1-4-22(13-5-6-14-22)20(11-8-12-20)19(24)21-17-15(2)9-7-10-16(17)18(23)25-3/h7,9-10H,4-6,8,11-14H2,1-3H3/p+1. The number of nitrogens with one attached hydrogen (secondary N) is 1. The molecule has 1 aliphatic heterocycles. The number of esters is 1. The maximum absolute atomic E-state index is 13.4.